The molecule has 3 aromatic rings. The van der Waals surface area contributed by atoms with E-state index in [0.717, 1.165) is 48.7 Å². The Kier molecular flexibility index (Phi) is 8.83. The molecule has 0 radical (unpaired) electrons. The fourth-order valence-electron chi connectivity index (χ4n) is 4.04. The highest BCUT2D eigenvalue weighted by molar-refractivity contribution is 6.02. The molecule has 3 N–H and O–H groups in total. The maximum atomic E-state index is 12.5. The van der Waals surface area contributed by atoms with Crippen LogP contribution in [0.15, 0.2) is 72.8 Å². The number of anilines is 1. The average molecular weight is 489 g/mol. The molecule has 188 valence electrons. The van der Waals surface area contributed by atoms with Gasteiger partial charge in [-0.2, -0.15) is 0 Å². The van der Waals surface area contributed by atoms with Crippen molar-refractivity contribution in [1.29, 1.82) is 0 Å². The van der Waals surface area contributed by atoms with Gasteiger partial charge in [-0.3, -0.25) is 4.79 Å². The summed E-state index contributed by atoms with van der Waals surface area (Å²) in [5.41, 5.74) is 2.40. The molecule has 4 rings (SSSR count). The van der Waals surface area contributed by atoms with Crippen molar-refractivity contribution in [3.63, 3.8) is 0 Å². The Morgan fingerprint density at radius 1 is 1.06 bits per heavy atom. The molecular formula is C29H32N2O5. The summed E-state index contributed by atoms with van der Waals surface area (Å²) >= 11 is 0. The number of hydrogen-bond acceptors (Lipinski definition) is 6. The summed E-state index contributed by atoms with van der Waals surface area (Å²) in [6, 6.07) is 20.4. The van der Waals surface area contributed by atoms with Gasteiger partial charge in [0.25, 0.3) is 0 Å². The summed E-state index contributed by atoms with van der Waals surface area (Å²) in [5.74, 6) is 1.72. The number of hydrogen-bond donors (Lipinski definition) is 3. The molecule has 1 aliphatic rings. The van der Waals surface area contributed by atoms with Gasteiger partial charge in [0, 0.05) is 24.3 Å². The molecular weight excluding hydrogens is 456 g/mol. The Hall–Kier alpha value is -3.97. The fourth-order valence-corrected chi connectivity index (χ4v) is 4.04. The summed E-state index contributed by atoms with van der Waals surface area (Å²) < 4.78 is 17.1. The molecule has 0 bridgehead atoms. The van der Waals surface area contributed by atoms with Gasteiger partial charge >= 0.3 is 0 Å². The van der Waals surface area contributed by atoms with Crippen LogP contribution >= 0.6 is 0 Å². The minimum absolute atomic E-state index is 0.0220. The molecule has 0 atom stereocenters. The van der Waals surface area contributed by atoms with Gasteiger partial charge in [-0.15, -0.1) is 0 Å². The van der Waals surface area contributed by atoms with Crippen LogP contribution in [-0.2, 0) is 11.2 Å². The van der Waals surface area contributed by atoms with Gasteiger partial charge < -0.3 is 30.0 Å². The van der Waals surface area contributed by atoms with E-state index in [-0.39, 0.29) is 17.8 Å². The van der Waals surface area contributed by atoms with Crippen molar-refractivity contribution >= 4 is 17.7 Å². The maximum absolute atomic E-state index is 12.5. The van der Waals surface area contributed by atoms with E-state index in [1.807, 2.05) is 48.5 Å². The summed E-state index contributed by atoms with van der Waals surface area (Å²) in [6.45, 7) is 2.43. The van der Waals surface area contributed by atoms with Crippen molar-refractivity contribution in [3.05, 3.63) is 83.9 Å². The second-order valence-electron chi connectivity index (χ2n) is 8.55. The number of ether oxygens (including phenoxy) is 3. The van der Waals surface area contributed by atoms with Crippen LogP contribution in [0.5, 0.6) is 23.0 Å². The molecule has 7 nitrogen and oxygen atoms in total. The predicted octanol–water partition coefficient (Wildman–Crippen LogP) is 4.81. The quantitative estimate of drug-likeness (QED) is 0.355. The Balaban J connectivity index is 1.30. The first-order valence-electron chi connectivity index (χ1n) is 12.1. The van der Waals surface area contributed by atoms with Crippen molar-refractivity contribution in [1.82, 2.24) is 5.32 Å². The summed E-state index contributed by atoms with van der Waals surface area (Å²) in [6.07, 6.45) is 5.95. The van der Waals surface area contributed by atoms with Crippen LogP contribution in [0.25, 0.3) is 6.08 Å². The molecule has 0 spiro atoms. The van der Waals surface area contributed by atoms with E-state index in [1.54, 1.807) is 24.3 Å². The van der Waals surface area contributed by atoms with E-state index < -0.39 is 0 Å². The number of rotatable bonds is 10. The van der Waals surface area contributed by atoms with Crippen LogP contribution in [0.2, 0.25) is 0 Å². The van der Waals surface area contributed by atoms with Crippen molar-refractivity contribution < 1.29 is 24.1 Å². The molecule has 0 aromatic heterocycles. The summed E-state index contributed by atoms with van der Waals surface area (Å²) in [7, 11) is 1.49. The highest BCUT2D eigenvalue weighted by atomic mass is 16.5. The molecule has 0 aliphatic carbocycles. The van der Waals surface area contributed by atoms with Crippen molar-refractivity contribution in [3.8, 4) is 23.0 Å². The molecule has 0 unspecified atom stereocenters. The summed E-state index contributed by atoms with van der Waals surface area (Å²) in [4.78, 5) is 12.5. The number of amides is 1. The number of piperidine rings is 1. The predicted molar refractivity (Wildman–Crippen MR) is 141 cm³/mol. The number of carbonyl (C=O) groups is 1. The van der Waals surface area contributed by atoms with Crippen molar-refractivity contribution in [2.24, 2.45) is 0 Å². The van der Waals surface area contributed by atoms with Crippen LogP contribution in [0, 0.1) is 0 Å². The molecule has 36 heavy (non-hydrogen) atoms. The van der Waals surface area contributed by atoms with E-state index in [4.69, 9.17) is 14.2 Å². The molecule has 0 saturated carbocycles. The zero-order valence-electron chi connectivity index (χ0n) is 20.4. The normalized spacial score (nSPS) is 13.9. The highest BCUT2D eigenvalue weighted by Crippen LogP contribution is 2.27. The fraction of sp³-hybridized carbons (Fsp3) is 0.276. The van der Waals surface area contributed by atoms with E-state index >= 15 is 0 Å². The zero-order chi connectivity index (χ0) is 25.2. The molecule has 3 aromatic carbocycles. The molecule has 1 saturated heterocycles. The number of carbonyl (C=O) groups excluding carboxylic acids is 1. The van der Waals surface area contributed by atoms with Gasteiger partial charge in [0.05, 0.1) is 13.7 Å². The molecule has 7 heteroatoms. The lowest BCUT2D eigenvalue weighted by molar-refractivity contribution is -0.111. The number of benzene rings is 3. The first-order chi connectivity index (χ1) is 17.6. The molecule has 1 fully saturated rings. The van der Waals surface area contributed by atoms with Crippen LogP contribution in [0.4, 0.5) is 5.69 Å². The first kappa shape index (κ1) is 25.1. The van der Waals surface area contributed by atoms with E-state index in [1.165, 1.54) is 13.2 Å². The minimum Gasteiger partial charge on any atom is -0.504 e. The standard InChI is InChI=1S/C29H32N2O5/c1-34-28-11-9-21(19-27(28)32)10-12-29(33)31-26-8-3-2-5-22(26)15-18-35-24-6-4-7-25(20-24)36-23-13-16-30-17-14-23/h2-12,19-20,23,30,32H,13-18H2,1H3,(H,31,33)/b12-10+. The van der Waals surface area contributed by atoms with Crippen molar-refractivity contribution in [2.45, 2.75) is 25.4 Å². The first-order valence-corrected chi connectivity index (χ1v) is 12.1. The maximum Gasteiger partial charge on any atom is 0.248 e. The van der Waals surface area contributed by atoms with Gasteiger partial charge in [0.15, 0.2) is 11.5 Å². The van der Waals surface area contributed by atoms with Crippen LogP contribution in [0.1, 0.15) is 24.0 Å². The Morgan fingerprint density at radius 3 is 2.67 bits per heavy atom. The van der Waals surface area contributed by atoms with Crippen LogP contribution in [-0.4, -0.2) is 43.9 Å². The smallest absolute Gasteiger partial charge is 0.248 e. The lowest BCUT2D eigenvalue weighted by Gasteiger charge is -2.24. The molecule has 1 heterocycles. The third-order valence-corrected chi connectivity index (χ3v) is 5.94. The Morgan fingerprint density at radius 2 is 1.86 bits per heavy atom. The van der Waals surface area contributed by atoms with E-state index in [2.05, 4.69) is 10.6 Å². The number of aromatic hydroxyl groups is 1. The Bertz CT molecular complexity index is 1190. The van der Waals surface area contributed by atoms with Crippen LogP contribution in [0.3, 0.4) is 0 Å². The number of phenols is 1. The van der Waals surface area contributed by atoms with Gasteiger partial charge in [-0.05, 0) is 73.5 Å². The topological polar surface area (TPSA) is 89.1 Å². The van der Waals surface area contributed by atoms with Gasteiger partial charge in [0.2, 0.25) is 5.91 Å². The zero-order valence-corrected chi connectivity index (χ0v) is 20.4. The third kappa shape index (κ3) is 7.26. The molecule has 1 amide bonds. The van der Waals surface area contributed by atoms with Crippen molar-refractivity contribution in [2.75, 3.05) is 32.1 Å². The summed E-state index contributed by atoms with van der Waals surface area (Å²) in [5, 5.41) is 16.2. The second kappa shape index (κ2) is 12.7. The largest absolute Gasteiger partial charge is 0.504 e. The highest BCUT2D eigenvalue weighted by Gasteiger charge is 2.14. The van der Waals surface area contributed by atoms with Crippen LogP contribution < -0.4 is 24.8 Å². The van der Waals surface area contributed by atoms with E-state index in [9.17, 15) is 9.90 Å². The lowest BCUT2D eigenvalue weighted by atomic mass is 10.1. The van der Waals surface area contributed by atoms with Gasteiger partial charge in [-0.1, -0.05) is 30.3 Å². The minimum atomic E-state index is -0.263. The average Bonchev–Trinajstić information content (AvgIpc) is 2.89. The van der Waals surface area contributed by atoms with E-state index in [0.29, 0.717) is 24.3 Å². The third-order valence-electron chi connectivity index (χ3n) is 5.94. The molecule has 1 aliphatic heterocycles. The Labute approximate surface area is 211 Å². The SMILES string of the molecule is COc1ccc(/C=C/C(=O)Nc2ccccc2CCOc2cccc(OC3CCNCC3)c2)cc1O. The van der Waals surface area contributed by atoms with Gasteiger partial charge in [-0.25, -0.2) is 0 Å². The monoisotopic (exact) mass is 488 g/mol. The number of para-hydroxylation sites is 1. The second-order valence-corrected chi connectivity index (χ2v) is 8.55. The number of nitrogens with one attached hydrogen (secondary N) is 2. The lowest BCUT2D eigenvalue weighted by Crippen LogP contribution is -2.34. The van der Waals surface area contributed by atoms with Gasteiger partial charge in [0.1, 0.15) is 17.6 Å². The number of phenolic OH excluding ortho intramolecular Hbond substituents is 1. The number of methoxy groups -OCH3 is 1.